The Morgan fingerprint density at radius 2 is 2.00 bits per heavy atom. The zero-order valence-corrected chi connectivity index (χ0v) is 10.0. The first-order valence-electron chi connectivity index (χ1n) is 6.60. The van der Waals surface area contributed by atoms with Gasteiger partial charge in [0.05, 0.1) is 25.2 Å². The maximum atomic E-state index is 10.2. The van der Waals surface area contributed by atoms with Crippen molar-refractivity contribution < 1.29 is 19.4 Å². The van der Waals surface area contributed by atoms with Crippen molar-refractivity contribution in [1.82, 2.24) is 5.06 Å². The molecule has 5 heteroatoms. The molecular weight excluding hydrogens is 222 g/mol. The van der Waals surface area contributed by atoms with E-state index < -0.39 is 5.79 Å². The van der Waals surface area contributed by atoms with Crippen LogP contribution >= 0.6 is 0 Å². The third kappa shape index (κ3) is 1.32. The van der Waals surface area contributed by atoms with Crippen molar-refractivity contribution in [3.8, 4) is 0 Å². The molecule has 2 bridgehead atoms. The fourth-order valence-electron chi connectivity index (χ4n) is 4.13. The highest BCUT2D eigenvalue weighted by Gasteiger charge is 2.63. The van der Waals surface area contributed by atoms with Crippen LogP contribution in [0.3, 0.4) is 0 Å². The SMILES string of the molecule is CC1([C@@H]2[C@H]3ON4[C@H](CC[C@@H]24)C[C@H]3O)OCCO1. The van der Waals surface area contributed by atoms with Crippen molar-refractivity contribution in [2.45, 2.75) is 56.3 Å². The zero-order valence-electron chi connectivity index (χ0n) is 10.0. The van der Waals surface area contributed by atoms with Crippen molar-refractivity contribution in [3.05, 3.63) is 0 Å². The molecule has 17 heavy (non-hydrogen) atoms. The summed E-state index contributed by atoms with van der Waals surface area (Å²) in [5.41, 5.74) is 0. The molecule has 4 aliphatic rings. The molecule has 4 rings (SSSR count). The summed E-state index contributed by atoms with van der Waals surface area (Å²) >= 11 is 0. The molecule has 0 aromatic rings. The summed E-state index contributed by atoms with van der Waals surface area (Å²) in [5.74, 6) is -0.447. The van der Waals surface area contributed by atoms with Crippen LogP contribution in [-0.4, -0.2) is 53.5 Å². The molecule has 4 saturated heterocycles. The second-order valence-electron chi connectivity index (χ2n) is 5.77. The van der Waals surface area contributed by atoms with Crippen LogP contribution in [0, 0.1) is 5.92 Å². The maximum Gasteiger partial charge on any atom is 0.172 e. The lowest BCUT2D eigenvalue weighted by Gasteiger charge is -2.37. The number of fused-ring (bicyclic) bond motifs is 1. The van der Waals surface area contributed by atoms with E-state index in [-0.39, 0.29) is 18.1 Å². The van der Waals surface area contributed by atoms with Gasteiger partial charge in [0.2, 0.25) is 0 Å². The van der Waals surface area contributed by atoms with Crippen LogP contribution in [0.4, 0.5) is 0 Å². The van der Waals surface area contributed by atoms with E-state index in [0.717, 1.165) is 19.3 Å². The summed E-state index contributed by atoms with van der Waals surface area (Å²) in [6.07, 6.45) is 2.53. The Balaban J connectivity index is 1.70. The fourth-order valence-corrected chi connectivity index (χ4v) is 4.13. The third-order valence-electron chi connectivity index (χ3n) is 4.85. The normalized spacial score (nSPS) is 52.2. The number of ether oxygens (including phenoxy) is 2. The van der Waals surface area contributed by atoms with Gasteiger partial charge in [0, 0.05) is 12.1 Å². The highest BCUT2D eigenvalue weighted by Crippen LogP contribution is 2.51. The molecule has 4 aliphatic heterocycles. The Labute approximate surface area is 101 Å². The predicted molar refractivity (Wildman–Crippen MR) is 57.9 cm³/mol. The topological polar surface area (TPSA) is 51.2 Å². The summed E-state index contributed by atoms with van der Waals surface area (Å²) in [4.78, 5) is 5.91. The average molecular weight is 241 g/mol. The van der Waals surface area contributed by atoms with E-state index in [1.165, 1.54) is 0 Å². The summed E-state index contributed by atoms with van der Waals surface area (Å²) in [6.45, 7) is 3.29. The number of hydrogen-bond acceptors (Lipinski definition) is 5. The summed E-state index contributed by atoms with van der Waals surface area (Å²) in [6, 6.07) is 0.742. The zero-order chi connectivity index (χ0) is 11.6. The van der Waals surface area contributed by atoms with Crippen LogP contribution in [-0.2, 0) is 14.3 Å². The van der Waals surface area contributed by atoms with Gasteiger partial charge < -0.3 is 14.6 Å². The van der Waals surface area contributed by atoms with Gasteiger partial charge in [-0.2, -0.15) is 5.06 Å². The van der Waals surface area contributed by atoms with Crippen LogP contribution in [0.2, 0.25) is 0 Å². The van der Waals surface area contributed by atoms with Gasteiger partial charge >= 0.3 is 0 Å². The van der Waals surface area contributed by atoms with Crippen molar-refractivity contribution in [2.24, 2.45) is 5.92 Å². The Bertz CT molecular complexity index is 328. The number of aliphatic hydroxyl groups excluding tert-OH is 1. The summed E-state index contributed by atoms with van der Waals surface area (Å²) < 4.78 is 11.6. The summed E-state index contributed by atoms with van der Waals surface area (Å²) in [5, 5.41) is 12.3. The van der Waals surface area contributed by atoms with Gasteiger partial charge in [0.15, 0.2) is 5.79 Å². The summed E-state index contributed by atoms with van der Waals surface area (Å²) in [7, 11) is 0. The monoisotopic (exact) mass is 241 g/mol. The van der Waals surface area contributed by atoms with Crippen LogP contribution in [0.15, 0.2) is 0 Å². The minimum atomic E-state index is -0.579. The van der Waals surface area contributed by atoms with Crippen LogP contribution in [0.25, 0.3) is 0 Å². The van der Waals surface area contributed by atoms with Gasteiger partial charge in [-0.05, 0) is 26.2 Å². The molecule has 0 aromatic carbocycles. The molecule has 0 unspecified atom stereocenters. The van der Waals surface area contributed by atoms with Crippen LogP contribution in [0.5, 0.6) is 0 Å². The number of hydrogen-bond donors (Lipinski definition) is 1. The molecule has 1 N–H and O–H groups in total. The Kier molecular flexibility index (Phi) is 2.15. The second-order valence-corrected chi connectivity index (χ2v) is 5.77. The molecule has 4 heterocycles. The number of hydroxylamine groups is 2. The first-order valence-corrected chi connectivity index (χ1v) is 6.60. The molecule has 0 saturated carbocycles. The quantitative estimate of drug-likeness (QED) is 0.714. The van der Waals surface area contributed by atoms with E-state index >= 15 is 0 Å². The van der Waals surface area contributed by atoms with Gasteiger partial charge in [0.1, 0.15) is 6.10 Å². The molecular formula is C12H19NO4. The molecule has 0 aliphatic carbocycles. The lowest BCUT2D eigenvalue weighted by Crippen LogP contribution is -2.49. The standard InChI is InChI=1S/C12H19NO4/c1-12(15-4-5-16-12)10-8-3-2-7-6-9(14)11(10)17-13(7)8/h7-11,14H,2-6H2,1H3/t7-,8+,9-,10+,11+/m1/s1. The minimum absolute atomic E-state index is 0.132. The fraction of sp³-hybridized carbons (Fsp3) is 1.00. The van der Waals surface area contributed by atoms with Crippen molar-refractivity contribution >= 4 is 0 Å². The van der Waals surface area contributed by atoms with E-state index in [1.54, 1.807) is 0 Å². The molecule has 0 amide bonds. The van der Waals surface area contributed by atoms with Gasteiger partial charge in [-0.25, -0.2) is 0 Å². The molecule has 4 fully saturated rings. The molecule has 96 valence electrons. The lowest BCUT2D eigenvalue weighted by molar-refractivity contribution is -0.246. The molecule has 0 radical (unpaired) electrons. The number of nitrogens with zero attached hydrogens (tertiary/aromatic N) is 1. The van der Waals surface area contributed by atoms with Gasteiger partial charge in [0.25, 0.3) is 0 Å². The number of aliphatic hydroxyl groups is 1. The average Bonchev–Trinajstić information content (AvgIpc) is 2.92. The van der Waals surface area contributed by atoms with Crippen molar-refractivity contribution in [1.29, 1.82) is 0 Å². The Hall–Kier alpha value is -0.200. The largest absolute Gasteiger partial charge is 0.390 e. The van der Waals surface area contributed by atoms with Crippen molar-refractivity contribution in [3.63, 3.8) is 0 Å². The van der Waals surface area contributed by atoms with E-state index in [1.807, 2.05) is 6.92 Å². The molecule has 5 nitrogen and oxygen atoms in total. The predicted octanol–water partition coefficient (Wildman–Crippen LogP) is 0.277. The first-order chi connectivity index (χ1) is 8.19. The molecule has 5 atom stereocenters. The first kappa shape index (κ1) is 10.7. The van der Waals surface area contributed by atoms with E-state index in [0.29, 0.717) is 25.3 Å². The van der Waals surface area contributed by atoms with E-state index in [2.05, 4.69) is 5.06 Å². The smallest absolute Gasteiger partial charge is 0.172 e. The Morgan fingerprint density at radius 3 is 2.76 bits per heavy atom. The van der Waals surface area contributed by atoms with E-state index in [9.17, 15) is 5.11 Å². The highest BCUT2D eigenvalue weighted by atomic mass is 16.8. The highest BCUT2D eigenvalue weighted by molar-refractivity contribution is 5.07. The van der Waals surface area contributed by atoms with Gasteiger partial charge in [-0.15, -0.1) is 0 Å². The van der Waals surface area contributed by atoms with Crippen LogP contribution < -0.4 is 0 Å². The molecule has 0 aromatic heterocycles. The maximum absolute atomic E-state index is 10.2. The van der Waals surface area contributed by atoms with Gasteiger partial charge in [-0.3, -0.25) is 4.84 Å². The number of rotatable bonds is 1. The minimum Gasteiger partial charge on any atom is -0.390 e. The Morgan fingerprint density at radius 1 is 1.24 bits per heavy atom. The second kappa shape index (κ2) is 3.42. The molecule has 0 spiro atoms. The van der Waals surface area contributed by atoms with E-state index in [4.69, 9.17) is 14.3 Å². The van der Waals surface area contributed by atoms with Crippen molar-refractivity contribution in [2.75, 3.05) is 13.2 Å². The van der Waals surface area contributed by atoms with Gasteiger partial charge in [-0.1, -0.05) is 0 Å². The van der Waals surface area contributed by atoms with Crippen LogP contribution in [0.1, 0.15) is 26.2 Å². The lowest BCUT2D eigenvalue weighted by atomic mass is 9.82. The third-order valence-corrected chi connectivity index (χ3v) is 4.85.